The van der Waals surface area contributed by atoms with Gasteiger partial charge in [0.25, 0.3) is 5.91 Å². The van der Waals surface area contributed by atoms with E-state index in [0.717, 1.165) is 0 Å². The van der Waals surface area contributed by atoms with Gasteiger partial charge in [-0.2, -0.15) is 4.90 Å². The van der Waals surface area contributed by atoms with Crippen molar-refractivity contribution in [2.24, 2.45) is 0 Å². The van der Waals surface area contributed by atoms with Crippen molar-refractivity contribution < 1.29 is 14.7 Å². The van der Waals surface area contributed by atoms with Crippen molar-refractivity contribution in [3.05, 3.63) is 47.4 Å². The molecule has 1 aromatic rings. The zero-order valence-electron chi connectivity index (χ0n) is 9.25. The van der Waals surface area contributed by atoms with Gasteiger partial charge in [0.1, 0.15) is 0 Å². The van der Waals surface area contributed by atoms with E-state index < -0.39 is 11.9 Å². The third-order valence-corrected chi connectivity index (χ3v) is 2.46. The van der Waals surface area contributed by atoms with Crippen LogP contribution in [0.3, 0.4) is 0 Å². The molecular formula is C12H11N2O3. The normalized spacial score (nSPS) is 15.8. The number of hydrogen-bond donors (Lipinski definition) is 1. The fourth-order valence-corrected chi connectivity index (χ4v) is 1.50. The summed E-state index contributed by atoms with van der Waals surface area (Å²) in [5.74, 6) is -0.894. The Balaban J connectivity index is 2.37. The highest BCUT2D eigenvalue weighted by atomic mass is 16.3. The van der Waals surface area contributed by atoms with E-state index in [9.17, 15) is 14.7 Å². The second-order valence-corrected chi connectivity index (χ2v) is 3.71. The minimum absolute atomic E-state index is 0.128. The Morgan fingerprint density at radius 2 is 2.00 bits per heavy atom. The summed E-state index contributed by atoms with van der Waals surface area (Å²) in [5.41, 5.74) is 0.825. The van der Waals surface area contributed by atoms with Gasteiger partial charge in [-0.05, 0) is 19.1 Å². The van der Waals surface area contributed by atoms with Gasteiger partial charge < -0.3 is 5.11 Å². The molecule has 3 amide bonds. The maximum absolute atomic E-state index is 12.0. The summed E-state index contributed by atoms with van der Waals surface area (Å²) in [7, 11) is 0. The van der Waals surface area contributed by atoms with Crippen LogP contribution >= 0.6 is 0 Å². The van der Waals surface area contributed by atoms with Gasteiger partial charge in [-0.1, -0.05) is 18.2 Å². The molecule has 0 aromatic heterocycles. The van der Waals surface area contributed by atoms with Crippen LogP contribution in [0.25, 0.3) is 0 Å². The van der Waals surface area contributed by atoms with E-state index in [1.165, 1.54) is 0 Å². The molecule has 1 aromatic carbocycles. The Labute approximate surface area is 98.4 Å². The number of rotatable bonds is 1. The average molecular weight is 231 g/mol. The molecule has 0 aliphatic carbocycles. The molecule has 0 saturated carbocycles. The van der Waals surface area contributed by atoms with Gasteiger partial charge in [-0.25, -0.2) is 10.1 Å². The van der Waals surface area contributed by atoms with E-state index in [2.05, 4.69) is 5.32 Å². The first-order valence-electron chi connectivity index (χ1n) is 5.11. The van der Waals surface area contributed by atoms with Crippen LogP contribution < -0.4 is 5.32 Å². The highest BCUT2D eigenvalue weighted by Gasteiger charge is 2.32. The van der Waals surface area contributed by atoms with Gasteiger partial charge in [-0.3, -0.25) is 4.79 Å². The smallest absolute Gasteiger partial charge is 0.353 e. The summed E-state index contributed by atoms with van der Waals surface area (Å²) in [5, 5.41) is 13.4. The average Bonchev–Trinajstić information content (AvgIpc) is 2.35. The minimum Gasteiger partial charge on any atom is -0.494 e. The van der Waals surface area contributed by atoms with Gasteiger partial charge >= 0.3 is 6.03 Å². The van der Waals surface area contributed by atoms with E-state index in [-0.39, 0.29) is 12.4 Å². The molecule has 1 aliphatic heterocycles. The second kappa shape index (κ2) is 4.29. The number of nitrogens with zero attached hydrogens (tertiary/aromatic N) is 2. The molecule has 1 heterocycles. The molecule has 0 spiro atoms. The number of benzene rings is 1. The van der Waals surface area contributed by atoms with E-state index in [1.54, 1.807) is 37.3 Å². The third-order valence-electron chi connectivity index (χ3n) is 2.46. The number of aliphatic hydroxyl groups is 1. The van der Waals surface area contributed by atoms with Crippen LogP contribution in [-0.2, 0) is 0 Å². The SMILES string of the molecule is CC1=C(O)N(C(=O)c2ccccc2)C(=O)[N]C1. The minimum atomic E-state index is -0.734. The van der Waals surface area contributed by atoms with E-state index in [1.807, 2.05) is 0 Å². The van der Waals surface area contributed by atoms with Gasteiger partial charge in [0.2, 0.25) is 5.88 Å². The summed E-state index contributed by atoms with van der Waals surface area (Å²) < 4.78 is 0. The van der Waals surface area contributed by atoms with Crippen molar-refractivity contribution in [3.8, 4) is 0 Å². The lowest BCUT2D eigenvalue weighted by molar-refractivity contribution is 0.0763. The third kappa shape index (κ3) is 1.99. The molecule has 5 nitrogen and oxygen atoms in total. The van der Waals surface area contributed by atoms with Gasteiger partial charge in [0, 0.05) is 11.1 Å². The Morgan fingerprint density at radius 3 is 2.65 bits per heavy atom. The number of carbonyl (C=O) groups excluding carboxylic acids is 2. The van der Waals surface area contributed by atoms with Crippen LogP contribution in [-0.4, -0.2) is 28.5 Å². The predicted octanol–water partition coefficient (Wildman–Crippen LogP) is 1.66. The molecule has 0 unspecified atom stereocenters. The number of carbonyl (C=O) groups is 2. The fourth-order valence-electron chi connectivity index (χ4n) is 1.50. The van der Waals surface area contributed by atoms with Crippen LogP contribution in [0, 0.1) is 0 Å². The summed E-state index contributed by atoms with van der Waals surface area (Å²) >= 11 is 0. The molecule has 87 valence electrons. The Morgan fingerprint density at radius 1 is 1.35 bits per heavy atom. The number of urea groups is 1. The second-order valence-electron chi connectivity index (χ2n) is 3.71. The van der Waals surface area contributed by atoms with Crippen LogP contribution in [0.15, 0.2) is 41.8 Å². The summed E-state index contributed by atoms with van der Waals surface area (Å²) in [6, 6.07) is 7.56. The standard InChI is InChI=1S/C12H11N2O3/c1-8-7-13-12(17)14(10(8)15)11(16)9-5-3-2-4-6-9/h2-6,15H,7H2,1H3. The van der Waals surface area contributed by atoms with Crippen LogP contribution in [0.4, 0.5) is 4.79 Å². The molecule has 17 heavy (non-hydrogen) atoms. The summed E-state index contributed by atoms with van der Waals surface area (Å²) in [4.78, 5) is 24.2. The van der Waals surface area contributed by atoms with Crippen molar-refractivity contribution in [2.75, 3.05) is 6.54 Å². The molecular weight excluding hydrogens is 220 g/mol. The van der Waals surface area contributed by atoms with Crippen molar-refractivity contribution in [1.29, 1.82) is 0 Å². The highest BCUT2D eigenvalue weighted by molar-refractivity contribution is 6.06. The van der Waals surface area contributed by atoms with Crippen molar-refractivity contribution in [1.82, 2.24) is 10.2 Å². The predicted molar refractivity (Wildman–Crippen MR) is 60.3 cm³/mol. The molecule has 0 bridgehead atoms. The molecule has 0 fully saturated rings. The van der Waals surface area contributed by atoms with E-state index in [0.29, 0.717) is 16.0 Å². The number of amides is 3. The van der Waals surface area contributed by atoms with E-state index >= 15 is 0 Å². The largest absolute Gasteiger partial charge is 0.494 e. The Bertz CT molecular complexity index is 494. The number of aliphatic hydroxyl groups excluding tert-OH is 1. The lowest BCUT2D eigenvalue weighted by Crippen LogP contribution is -2.44. The first-order valence-corrected chi connectivity index (χ1v) is 5.11. The van der Waals surface area contributed by atoms with Crippen molar-refractivity contribution in [3.63, 3.8) is 0 Å². The molecule has 1 N–H and O–H groups in total. The summed E-state index contributed by atoms with van der Waals surface area (Å²) in [6.45, 7) is 1.75. The van der Waals surface area contributed by atoms with Crippen molar-refractivity contribution in [2.45, 2.75) is 6.92 Å². The molecule has 0 atom stereocenters. The topological polar surface area (TPSA) is 71.7 Å². The quantitative estimate of drug-likeness (QED) is 0.798. The zero-order chi connectivity index (χ0) is 12.4. The first kappa shape index (κ1) is 11.2. The zero-order valence-corrected chi connectivity index (χ0v) is 9.25. The molecule has 1 aliphatic rings. The van der Waals surface area contributed by atoms with Crippen molar-refractivity contribution >= 4 is 11.9 Å². The molecule has 5 heteroatoms. The van der Waals surface area contributed by atoms with Crippen LogP contribution in [0.5, 0.6) is 0 Å². The maximum atomic E-state index is 12.0. The Hall–Kier alpha value is -2.30. The first-order chi connectivity index (χ1) is 8.11. The summed E-state index contributed by atoms with van der Waals surface area (Å²) in [6.07, 6.45) is 0. The Kier molecular flexibility index (Phi) is 2.82. The van der Waals surface area contributed by atoms with Crippen LogP contribution in [0.2, 0.25) is 0 Å². The number of imide groups is 1. The lowest BCUT2D eigenvalue weighted by atomic mass is 10.2. The van der Waals surface area contributed by atoms with Crippen LogP contribution in [0.1, 0.15) is 17.3 Å². The number of hydrogen-bond acceptors (Lipinski definition) is 3. The molecule has 0 saturated heterocycles. The molecule has 1 radical (unpaired) electrons. The van der Waals surface area contributed by atoms with Gasteiger partial charge in [0.15, 0.2) is 0 Å². The fraction of sp³-hybridized carbons (Fsp3) is 0.167. The highest BCUT2D eigenvalue weighted by Crippen LogP contribution is 2.16. The maximum Gasteiger partial charge on any atom is 0.353 e. The molecule has 2 rings (SSSR count). The van der Waals surface area contributed by atoms with Gasteiger partial charge in [0.05, 0.1) is 6.54 Å². The van der Waals surface area contributed by atoms with Gasteiger partial charge in [-0.15, -0.1) is 0 Å². The van der Waals surface area contributed by atoms with E-state index in [4.69, 9.17) is 0 Å². The monoisotopic (exact) mass is 231 g/mol. The lowest BCUT2D eigenvalue weighted by Gasteiger charge is -2.24.